The predicted octanol–water partition coefficient (Wildman–Crippen LogP) is -0.357. The number of nitrogens with two attached hydrogens (primary N) is 2. The van der Waals surface area contributed by atoms with Crippen LogP contribution < -0.4 is 22.1 Å². The maximum Gasteiger partial charge on any atom is 0.00767 e. The molecule has 0 rings (SSSR count). The third kappa shape index (κ3) is 11.8. The highest BCUT2D eigenvalue weighted by Crippen LogP contribution is 1.82. The van der Waals surface area contributed by atoms with Crippen LogP contribution in [0.25, 0.3) is 0 Å². The van der Waals surface area contributed by atoms with E-state index in [0.29, 0.717) is 0 Å². The minimum Gasteiger partial charge on any atom is -0.330 e. The van der Waals surface area contributed by atoms with Gasteiger partial charge in [0.05, 0.1) is 0 Å². The fourth-order valence-electron chi connectivity index (χ4n) is 1.22. The van der Waals surface area contributed by atoms with Crippen molar-refractivity contribution >= 4 is 0 Å². The molecule has 0 heterocycles. The van der Waals surface area contributed by atoms with Crippen LogP contribution in [0.5, 0.6) is 0 Å². The molecule has 0 spiro atoms. The predicted molar refractivity (Wildman–Crippen MR) is 62.3 cm³/mol. The zero-order chi connectivity index (χ0) is 10.5. The summed E-state index contributed by atoms with van der Waals surface area (Å²) in [5.74, 6) is 0. The van der Waals surface area contributed by atoms with Crippen molar-refractivity contribution in [2.45, 2.75) is 25.7 Å². The van der Waals surface area contributed by atoms with Gasteiger partial charge in [0.2, 0.25) is 0 Å². The van der Waals surface area contributed by atoms with Crippen molar-refractivity contribution in [3.8, 4) is 0 Å². The van der Waals surface area contributed by atoms with E-state index in [1.165, 1.54) is 12.8 Å². The van der Waals surface area contributed by atoms with Gasteiger partial charge in [-0.25, -0.2) is 0 Å². The normalized spacial score (nSPS) is 10.7. The first kappa shape index (κ1) is 13.8. The van der Waals surface area contributed by atoms with E-state index in [2.05, 4.69) is 10.6 Å². The zero-order valence-corrected chi connectivity index (χ0v) is 9.23. The molecule has 14 heavy (non-hydrogen) atoms. The molecule has 4 nitrogen and oxygen atoms in total. The van der Waals surface area contributed by atoms with E-state index in [4.69, 9.17) is 11.5 Å². The summed E-state index contributed by atoms with van der Waals surface area (Å²) in [4.78, 5) is 0. The second-order valence-corrected chi connectivity index (χ2v) is 3.49. The standard InChI is InChI=1S/C10H26N4/c11-5-1-3-7-13-9-10-14-8-4-2-6-12/h13-14H,1-12H2. The maximum atomic E-state index is 5.39. The molecule has 0 amide bonds. The molecule has 0 aliphatic heterocycles. The first-order valence-corrected chi connectivity index (χ1v) is 5.73. The van der Waals surface area contributed by atoms with Crippen molar-refractivity contribution in [3.05, 3.63) is 0 Å². The van der Waals surface area contributed by atoms with Crippen molar-refractivity contribution in [3.63, 3.8) is 0 Å². The van der Waals surface area contributed by atoms with Gasteiger partial charge in [-0.1, -0.05) is 0 Å². The van der Waals surface area contributed by atoms with E-state index in [0.717, 1.165) is 52.1 Å². The highest BCUT2D eigenvalue weighted by atomic mass is 14.9. The quantitative estimate of drug-likeness (QED) is 0.345. The van der Waals surface area contributed by atoms with Gasteiger partial charge >= 0.3 is 0 Å². The number of unbranched alkanes of at least 4 members (excludes halogenated alkanes) is 2. The number of hydrogen-bond donors (Lipinski definition) is 4. The van der Waals surface area contributed by atoms with Gasteiger partial charge in [-0.2, -0.15) is 0 Å². The Balaban J connectivity index is 2.78. The summed E-state index contributed by atoms with van der Waals surface area (Å²) in [6.45, 7) is 5.88. The lowest BCUT2D eigenvalue weighted by Gasteiger charge is -2.05. The van der Waals surface area contributed by atoms with Crippen LogP contribution in [0.1, 0.15) is 25.7 Å². The highest BCUT2D eigenvalue weighted by Gasteiger charge is 1.88. The summed E-state index contributed by atoms with van der Waals surface area (Å²) >= 11 is 0. The highest BCUT2D eigenvalue weighted by molar-refractivity contribution is 4.53. The Bertz CT molecular complexity index is 86.1. The molecule has 0 atom stereocenters. The molecule has 0 fully saturated rings. The number of nitrogens with one attached hydrogen (secondary N) is 2. The number of hydrogen-bond acceptors (Lipinski definition) is 4. The summed E-state index contributed by atoms with van der Waals surface area (Å²) < 4.78 is 0. The molecule has 0 saturated carbocycles. The van der Waals surface area contributed by atoms with E-state index in [1.807, 2.05) is 0 Å². The fraction of sp³-hybridized carbons (Fsp3) is 1.00. The van der Waals surface area contributed by atoms with Crippen LogP contribution in [0.2, 0.25) is 0 Å². The first-order valence-electron chi connectivity index (χ1n) is 5.73. The van der Waals surface area contributed by atoms with E-state index >= 15 is 0 Å². The van der Waals surface area contributed by atoms with Crippen LogP contribution in [-0.4, -0.2) is 39.3 Å². The lowest BCUT2D eigenvalue weighted by molar-refractivity contribution is 0.572. The summed E-state index contributed by atoms with van der Waals surface area (Å²) in [6, 6.07) is 0. The van der Waals surface area contributed by atoms with Gasteiger partial charge < -0.3 is 22.1 Å². The van der Waals surface area contributed by atoms with Crippen molar-refractivity contribution in [1.29, 1.82) is 0 Å². The molecule has 0 aromatic heterocycles. The third-order valence-corrected chi connectivity index (χ3v) is 2.09. The summed E-state index contributed by atoms with van der Waals surface area (Å²) in [5, 5.41) is 6.74. The van der Waals surface area contributed by atoms with Gasteiger partial charge in [-0.3, -0.25) is 0 Å². The first-order chi connectivity index (χ1) is 6.91. The lowest BCUT2D eigenvalue weighted by atomic mass is 10.3. The SMILES string of the molecule is NCCCCNCCNCCCCN. The monoisotopic (exact) mass is 202 g/mol. The van der Waals surface area contributed by atoms with Gasteiger partial charge in [0.15, 0.2) is 0 Å². The number of rotatable bonds is 11. The Morgan fingerprint density at radius 1 is 0.571 bits per heavy atom. The molecule has 6 N–H and O–H groups in total. The van der Waals surface area contributed by atoms with Crippen LogP contribution >= 0.6 is 0 Å². The van der Waals surface area contributed by atoms with E-state index in [1.54, 1.807) is 0 Å². The third-order valence-electron chi connectivity index (χ3n) is 2.09. The summed E-state index contributed by atoms with van der Waals surface area (Å²) in [7, 11) is 0. The largest absolute Gasteiger partial charge is 0.330 e. The van der Waals surface area contributed by atoms with E-state index in [9.17, 15) is 0 Å². The molecular formula is C10H26N4. The molecule has 0 bridgehead atoms. The molecular weight excluding hydrogens is 176 g/mol. The minimum absolute atomic E-state index is 0.805. The molecule has 4 heteroatoms. The van der Waals surface area contributed by atoms with Crippen molar-refractivity contribution in [2.24, 2.45) is 11.5 Å². The Morgan fingerprint density at radius 3 is 1.36 bits per heavy atom. The smallest absolute Gasteiger partial charge is 0.00767 e. The average molecular weight is 202 g/mol. The maximum absolute atomic E-state index is 5.39. The zero-order valence-electron chi connectivity index (χ0n) is 9.23. The van der Waals surface area contributed by atoms with Crippen LogP contribution in [0.3, 0.4) is 0 Å². The molecule has 86 valence electrons. The van der Waals surface area contributed by atoms with E-state index < -0.39 is 0 Å². The molecule has 0 radical (unpaired) electrons. The second kappa shape index (κ2) is 12.8. The van der Waals surface area contributed by atoms with Crippen molar-refractivity contribution in [1.82, 2.24) is 10.6 Å². The Hall–Kier alpha value is -0.160. The Labute approximate surface area is 87.8 Å². The lowest BCUT2D eigenvalue weighted by Crippen LogP contribution is -2.28. The molecule has 0 unspecified atom stereocenters. The molecule has 0 aromatic carbocycles. The van der Waals surface area contributed by atoms with Crippen LogP contribution in [0, 0.1) is 0 Å². The Morgan fingerprint density at radius 2 is 1.00 bits per heavy atom. The topological polar surface area (TPSA) is 76.1 Å². The van der Waals surface area contributed by atoms with Gasteiger partial charge in [0, 0.05) is 13.1 Å². The Kier molecular flexibility index (Phi) is 12.7. The molecule has 0 aliphatic rings. The summed E-state index contributed by atoms with van der Waals surface area (Å²) in [6.07, 6.45) is 4.61. The van der Waals surface area contributed by atoms with E-state index in [-0.39, 0.29) is 0 Å². The van der Waals surface area contributed by atoms with Gasteiger partial charge in [0.1, 0.15) is 0 Å². The molecule has 0 saturated heterocycles. The minimum atomic E-state index is 0.805. The van der Waals surface area contributed by atoms with Crippen molar-refractivity contribution in [2.75, 3.05) is 39.3 Å². The molecule has 0 aromatic rings. The second-order valence-electron chi connectivity index (χ2n) is 3.49. The molecule has 0 aliphatic carbocycles. The van der Waals surface area contributed by atoms with Crippen LogP contribution in [0.4, 0.5) is 0 Å². The van der Waals surface area contributed by atoms with Gasteiger partial charge in [-0.05, 0) is 51.9 Å². The van der Waals surface area contributed by atoms with Gasteiger partial charge in [0.25, 0.3) is 0 Å². The average Bonchev–Trinajstić information content (AvgIpc) is 2.21. The summed E-state index contributed by atoms with van der Waals surface area (Å²) in [5.41, 5.74) is 10.8. The van der Waals surface area contributed by atoms with Crippen LogP contribution in [-0.2, 0) is 0 Å². The van der Waals surface area contributed by atoms with Gasteiger partial charge in [-0.15, -0.1) is 0 Å². The fourth-order valence-corrected chi connectivity index (χ4v) is 1.22. The van der Waals surface area contributed by atoms with Crippen molar-refractivity contribution < 1.29 is 0 Å². The van der Waals surface area contributed by atoms with Crippen LogP contribution in [0.15, 0.2) is 0 Å².